The molecule has 1 saturated heterocycles. The second kappa shape index (κ2) is 4.73. The van der Waals surface area contributed by atoms with E-state index in [1.807, 2.05) is 0 Å². The number of carbonyl (C=O) groups is 1. The summed E-state index contributed by atoms with van der Waals surface area (Å²) in [4.78, 5) is 22.9. The molecular weight excluding hydrogens is 252 g/mol. The molecule has 2 aromatic heterocycles. The van der Waals surface area contributed by atoms with Crippen molar-refractivity contribution < 1.29 is 19.2 Å². The number of ether oxygens (including phenoxy) is 1. The second-order valence-corrected chi connectivity index (χ2v) is 4.06. The van der Waals surface area contributed by atoms with E-state index in [-0.39, 0.29) is 11.7 Å². The second-order valence-electron chi connectivity index (χ2n) is 4.06. The number of rotatable bonds is 3. The minimum Gasteiger partial charge on any atom is -0.479 e. The lowest BCUT2D eigenvalue weighted by molar-refractivity contribution is -0.150. The summed E-state index contributed by atoms with van der Waals surface area (Å²) in [5.41, 5.74) is 0. The standard InChI is InChI=1S/C11H10N4O4/c16-11(17)7-3-2-6(18-7)10-14-9(15-19-10)8-12-4-1-5-13-8/h1,4-7H,2-3H2,(H,16,17). The van der Waals surface area contributed by atoms with Crippen LogP contribution in [0.1, 0.15) is 24.8 Å². The molecule has 2 unspecified atom stereocenters. The van der Waals surface area contributed by atoms with Gasteiger partial charge in [0.25, 0.3) is 5.89 Å². The zero-order valence-corrected chi connectivity index (χ0v) is 9.76. The van der Waals surface area contributed by atoms with Crippen molar-refractivity contribution in [3.8, 4) is 11.6 Å². The zero-order valence-electron chi connectivity index (χ0n) is 9.76. The van der Waals surface area contributed by atoms with Gasteiger partial charge in [0.2, 0.25) is 11.6 Å². The summed E-state index contributed by atoms with van der Waals surface area (Å²) >= 11 is 0. The van der Waals surface area contributed by atoms with Gasteiger partial charge in [0.15, 0.2) is 6.10 Å². The first-order valence-corrected chi connectivity index (χ1v) is 5.73. The summed E-state index contributed by atoms with van der Waals surface area (Å²) in [6.07, 6.45) is 2.82. The van der Waals surface area contributed by atoms with Crippen LogP contribution in [0.3, 0.4) is 0 Å². The van der Waals surface area contributed by atoms with Crippen molar-refractivity contribution in [2.75, 3.05) is 0 Å². The van der Waals surface area contributed by atoms with E-state index in [9.17, 15) is 4.79 Å². The van der Waals surface area contributed by atoms with Gasteiger partial charge in [-0.1, -0.05) is 5.16 Å². The largest absolute Gasteiger partial charge is 0.479 e. The van der Waals surface area contributed by atoms with E-state index in [0.717, 1.165) is 0 Å². The van der Waals surface area contributed by atoms with Crippen LogP contribution in [0.25, 0.3) is 11.6 Å². The van der Waals surface area contributed by atoms with Crippen molar-refractivity contribution in [3.63, 3.8) is 0 Å². The Morgan fingerprint density at radius 1 is 1.26 bits per heavy atom. The molecule has 3 rings (SSSR count). The van der Waals surface area contributed by atoms with Crippen molar-refractivity contribution in [3.05, 3.63) is 24.4 Å². The lowest BCUT2D eigenvalue weighted by Gasteiger charge is -2.05. The SMILES string of the molecule is O=C(O)C1CCC(c2nc(-c3ncccn3)no2)O1. The molecule has 1 fully saturated rings. The molecule has 98 valence electrons. The van der Waals surface area contributed by atoms with Crippen molar-refractivity contribution in [1.29, 1.82) is 0 Å². The van der Waals surface area contributed by atoms with Crippen LogP contribution in [0.15, 0.2) is 23.0 Å². The maximum atomic E-state index is 10.8. The van der Waals surface area contributed by atoms with Gasteiger partial charge in [0.05, 0.1) is 0 Å². The number of nitrogens with zero attached hydrogens (tertiary/aromatic N) is 4. The third-order valence-electron chi connectivity index (χ3n) is 2.78. The minimum absolute atomic E-state index is 0.256. The Labute approximate surface area is 107 Å². The Morgan fingerprint density at radius 2 is 2.05 bits per heavy atom. The maximum absolute atomic E-state index is 10.8. The van der Waals surface area contributed by atoms with Crippen molar-refractivity contribution in [1.82, 2.24) is 20.1 Å². The van der Waals surface area contributed by atoms with Gasteiger partial charge in [-0.3, -0.25) is 0 Å². The third-order valence-corrected chi connectivity index (χ3v) is 2.78. The molecule has 1 aliphatic heterocycles. The average Bonchev–Trinajstić information content (AvgIpc) is 3.09. The highest BCUT2D eigenvalue weighted by Crippen LogP contribution is 2.32. The van der Waals surface area contributed by atoms with Gasteiger partial charge in [-0.25, -0.2) is 14.8 Å². The van der Waals surface area contributed by atoms with Gasteiger partial charge in [0, 0.05) is 12.4 Å². The quantitative estimate of drug-likeness (QED) is 0.865. The summed E-state index contributed by atoms with van der Waals surface area (Å²) < 4.78 is 10.4. The first-order valence-electron chi connectivity index (χ1n) is 5.73. The van der Waals surface area contributed by atoms with Crippen LogP contribution in [0.2, 0.25) is 0 Å². The highest BCUT2D eigenvalue weighted by atomic mass is 16.5. The van der Waals surface area contributed by atoms with E-state index in [2.05, 4.69) is 20.1 Å². The molecule has 0 spiro atoms. The Balaban J connectivity index is 1.78. The molecule has 0 aromatic carbocycles. The van der Waals surface area contributed by atoms with Gasteiger partial charge in [-0.05, 0) is 18.9 Å². The molecule has 19 heavy (non-hydrogen) atoms. The van der Waals surface area contributed by atoms with Crippen LogP contribution >= 0.6 is 0 Å². The number of carboxylic acid groups (broad SMARTS) is 1. The zero-order chi connectivity index (χ0) is 13.2. The summed E-state index contributed by atoms with van der Waals surface area (Å²) in [7, 11) is 0. The summed E-state index contributed by atoms with van der Waals surface area (Å²) in [6, 6.07) is 1.68. The van der Waals surface area contributed by atoms with E-state index >= 15 is 0 Å². The Bertz CT molecular complexity index is 585. The highest BCUT2D eigenvalue weighted by molar-refractivity contribution is 5.72. The smallest absolute Gasteiger partial charge is 0.332 e. The molecule has 0 bridgehead atoms. The van der Waals surface area contributed by atoms with Gasteiger partial charge in [0.1, 0.15) is 6.10 Å². The van der Waals surface area contributed by atoms with Gasteiger partial charge in [-0.15, -0.1) is 0 Å². The number of hydrogen-bond acceptors (Lipinski definition) is 7. The lowest BCUT2D eigenvalue weighted by Crippen LogP contribution is -2.18. The summed E-state index contributed by atoms with van der Waals surface area (Å²) in [6.45, 7) is 0. The molecule has 2 aromatic rings. The van der Waals surface area contributed by atoms with Crippen LogP contribution in [0, 0.1) is 0 Å². The number of aromatic nitrogens is 4. The summed E-state index contributed by atoms with van der Waals surface area (Å²) in [5.74, 6) is -0.108. The van der Waals surface area contributed by atoms with Crippen LogP contribution in [0.4, 0.5) is 0 Å². The maximum Gasteiger partial charge on any atom is 0.332 e. The van der Waals surface area contributed by atoms with E-state index in [4.69, 9.17) is 14.4 Å². The molecular formula is C11H10N4O4. The first-order chi connectivity index (χ1) is 9.24. The van der Waals surface area contributed by atoms with Crippen molar-refractivity contribution >= 4 is 5.97 Å². The number of aliphatic carboxylic acids is 1. The normalized spacial score (nSPS) is 22.5. The fourth-order valence-corrected chi connectivity index (χ4v) is 1.87. The predicted molar refractivity (Wildman–Crippen MR) is 59.8 cm³/mol. The topological polar surface area (TPSA) is 111 Å². The van der Waals surface area contributed by atoms with Crippen molar-refractivity contribution in [2.45, 2.75) is 25.0 Å². The molecule has 8 heteroatoms. The monoisotopic (exact) mass is 262 g/mol. The third kappa shape index (κ3) is 2.29. The fourth-order valence-electron chi connectivity index (χ4n) is 1.87. The molecule has 1 N–H and O–H groups in total. The molecule has 0 saturated carbocycles. The first kappa shape index (κ1) is 11.7. The predicted octanol–water partition coefficient (Wildman–Crippen LogP) is 0.831. The van der Waals surface area contributed by atoms with Crippen LogP contribution in [-0.4, -0.2) is 37.3 Å². The van der Waals surface area contributed by atoms with Crippen LogP contribution < -0.4 is 0 Å². The van der Waals surface area contributed by atoms with E-state index < -0.39 is 18.2 Å². The number of carboxylic acids is 1. The summed E-state index contributed by atoms with van der Waals surface area (Å²) in [5, 5.41) is 12.6. The van der Waals surface area contributed by atoms with E-state index in [0.29, 0.717) is 18.7 Å². The lowest BCUT2D eigenvalue weighted by atomic mass is 10.2. The van der Waals surface area contributed by atoms with Gasteiger partial charge < -0.3 is 14.4 Å². The van der Waals surface area contributed by atoms with Gasteiger partial charge >= 0.3 is 5.97 Å². The molecule has 3 heterocycles. The van der Waals surface area contributed by atoms with E-state index in [1.165, 1.54) is 0 Å². The Hall–Kier alpha value is -2.35. The molecule has 0 radical (unpaired) electrons. The minimum atomic E-state index is -0.978. The highest BCUT2D eigenvalue weighted by Gasteiger charge is 2.34. The van der Waals surface area contributed by atoms with Crippen molar-refractivity contribution in [2.24, 2.45) is 0 Å². The van der Waals surface area contributed by atoms with E-state index in [1.54, 1.807) is 18.5 Å². The van der Waals surface area contributed by atoms with Crippen LogP contribution in [-0.2, 0) is 9.53 Å². The molecule has 1 aliphatic rings. The Morgan fingerprint density at radius 3 is 2.74 bits per heavy atom. The molecule has 8 nitrogen and oxygen atoms in total. The number of hydrogen-bond donors (Lipinski definition) is 1. The Kier molecular flexibility index (Phi) is 2.92. The molecule has 2 atom stereocenters. The van der Waals surface area contributed by atoms with Gasteiger partial charge in [-0.2, -0.15) is 4.98 Å². The fraction of sp³-hybridized carbons (Fsp3) is 0.364. The molecule has 0 aliphatic carbocycles. The van der Waals surface area contributed by atoms with Crippen LogP contribution in [0.5, 0.6) is 0 Å². The average molecular weight is 262 g/mol. The molecule has 0 amide bonds.